The van der Waals surface area contributed by atoms with Crippen molar-refractivity contribution in [2.75, 3.05) is 17.7 Å². The van der Waals surface area contributed by atoms with Gasteiger partial charge in [0.25, 0.3) is 5.91 Å². The molecule has 0 saturated heterocycles. The molecule has 0 atom stereocenters. The predicted molar refractivity (Wildman–Crippen MR) is 169 cm³/mol. The highest BCUT2D eigenvalue weighted by atomic mass is 32.2. The van der Waals surface area contributed by atoms with Crippen molar-refractivity contribution in [2.24, 2.45) is 0 Å². The predicted octanol–water partition coefficient (Wildman–Crippen LogP) is 5.61. The second-order valence-corrected chi connectivity index (χ2v) is 12.4. The number of hydrogen-bond donors (Lipinski definition) is 2. The van der Waals surface area contributed by atoms with E-state index in [-0.39, 0.29) is 36.7 Å². The Morgan fingerprint density at radius 3 is 2.65 bits per heavy atom. The molecule has 11 heteroatoms. The number of thioether (sulfide) groups is 1. The number of carbonyl (C=O) groups excluding carboxylic acids is 3. The van der Waals surface area contributed by atoms with E-state index >= 15 is 0 Å². The lowest BCUT2D eigenvalue weighted by molar-refractivity contribution is -0.113. The number of hydrogen-bond acceptors (Lipinski definition) is 8. The Bertz CT molecular complexity index is 1600. The summed E-state index contributed by atoms with van der Waals surface area (Å²) < 4.78 is 7.27. The third-order valence-electron chi connectivity index (χ3n) is 7.18. The maximum absolute atomic E-state index is 13.1. The van der Waals surface area contributed by atoms with Gasteiger partial charge in [-0.15, -0.1) is 21.5 Å². The lowest BCUT2D eigenvalue weighted by Crippen LogP contribution is -2.25. The fraction of sp³-hybridized carbons (Fsp3) is 0.344. The summed E-state index contributed by atoms with van der Waals surface area (Å²) in [6.45, 7) is 4.79. The van der Waals surface area contributed by atoms with Crippen LogP contribution >= 0.6 is 23.1 Å². The third kappa shape index (κ3) is 7.71. The van der Waals surface area contributed by atoms with Gasteiger partial charge >= 0.3 is 5.97 Å². The van der Waals surface area contributed by atoms with Gasteiger partial charge in [0.05, 0.1) is 24.5 Å². The average molecular weight is 618 g/mol. The minimum absolute atomic E-state index is 0.0873. The van der Waals surface area contributed by atoms with Crippen molar-refractivity contribution in [2.45, 2.75) is 64.2 Å². The van der Waals surface area contributed by atoms with E-state index in [2.05, 4.69) is 33.0 Å². The Morgan fingerprint density at radius 2 is 1.86 bits per heavy atom. The van der Waals surface area contributed by atoms with Gasteiger partial charge in [-0.1, -0.05) is 59.8 Å². The van der Waals surface area contributed by atoms with Crippen LogP contribution in [-0.2, 0) is 41.9 Å². The second kappa shape index (κ2) is 14.5. The number of carbonyl (C=O) groups is 3. The molecule has 0 bridgehead atoms. The fourth-order valence-corrected chi connectivity index (χ4v) is 7.16. The van der Waals surface area contributed by atoms with Crippen molar-refractivity contribution in [1.82, 2.24) is 20.1 Å². The van der Waals surface area contributed by atoms with Gasteiger partial charge in [0.1, 0.15) is 5.00 Å². The first kappa shape index (κ1) is 30.5. The van der Waals surface area contributed by atoms with Crippen molar-refractivity contribution >= 4 is 45.9 Å². The number of benzene rings is 2. The van der Waals surface area contributed by atoms with E-state index in [4.69, 9.17) is 4.74 Å². The number of fused-ring (bicyclic) bond motifs is 1. The van der Waals surface area contributed by atoms with E-state index in [1.165, 1.54) is 23.1 Å². The summed E-state index contributed by atoms with van der Waals surface area (Å²) in [6, 6.07) is 17.5. The van der Waals surface area contributed by atoms with Gasteiger partial charge in [-0.05, 0) is 69.2 Å². The molecule has 0 radical (unpaired) electrons. The number of amides is 2. The van der Waals surface area contributed by atoms with Gasteiger partial charge in [-0.3, -0.25) is 9.59 Å². The van der Waals surface area contributed by atoms with Crippen LogP contribution in [0, 0.1) is 6.92 Å². The topological polar surface area (TPSA) is 115 Å². The number of thiophene rings is 1. The smallest absolute Gasteiger partial charge is 0.341 e. The maximum Gasteiger partial charge on any atom is 0.341 e. The van der Waals surface area contributed by atoms with E-state index in [0.717, 1.165) is 53.7 Å². The molecule has 2 heterocycles. The van der Waals surface area contributed by atoms with Gasteiger partial charge in [-0.2, -0.15) is 0 Å². The fourth-order valence-electron chi connectivity index (χ4n) is 5.08. The van der Waals surface area contributed by atoms with Crippen LogP contribution in [0.1, 0.15) is 67.9 Å². The summed E-state index contributed by atoms with van der Waals surface area (Å²) in [6.07, 6.45) is 4.56. The zero-order valence-electron chi connectivity index (χ0n) is 24.4. The summed E-state index contributed by atoms with van der Waals surface area (Å²) >= 11 is 2.75. The molecule has 9 nitrogen and oxygen atoms in total. The van der Waals surface area contributed by atoms with Crippen molar-refractivity contribution in [3.63, 3.8) is 0 Å². The summed E-state index contributed by atoms with van der Waals surface area (Å²) in [5, 5.41) is 15.8. The van der Waals surface area contributed by atoms with Crippen molar-refractivity contribution in [3.8, 4) is 0 Å². The normalized spacial score (nSPS) is 12.4. The molecule has 0 fully saturated rings. The van der Waals surface area contributed by atoms with Crippen LogP contribution in [0.25, 0.3) is 0 Å². The van der Waals surface area contributed by atoms with Crippen molar-refractivity contribution in [1.29, 1.82) is 0 Å². The second-order valence-electron chi connectivity index (χ2n) is 10.3. The van der Waals surface area contributed by atoms with Crippen LogP contribution in [0.2, 0.25) is 0 Å². The number of nitrogens with zero attached hydrogens (tertiary/aromatic N) is 3. The van der Waals surface area contributed by atoms with Gasteiger partial charge in [0.15, 0.2) is 11.0 Å². The van der Waals surface area contributed by atoms with E-state index in [1.54, 1.807) is 13.0 Å². The molecule has 0 saturated carbocycles. The van der Waals surface area contributed by atoms with Crippen molar-refractivity contribution < 1.29 is 19.1 Å². The van der Waals surface area contributed by atoms with E-state index in [0.29, 0.717) is 33.7 Å². The molecule has 5 rings (SSSR count). The van der Waals surface area contributed by atoms with Gasteiger partial charge in [0, 0.05) is 17.0 Å². The number of nitrogens with one attached hydrogen (secondary N) is 2. The van der Waals surface area contributed by atoms with Crippen LogP contribution in [0.4, 0.5) is 5.00 Å². The van der Waals surface area contributed by atoms with Crippen LogP contribution in [0.5, 0.6) is 0 Å². The molecule has 2 amide bonds. The average Bonchev–Trinajstić information content (AvgIpc) is 3.58. The van der Waals surface area contributed by atoms with Crippen molar-refractivity contribution in [3.05, 3.63) is 93.1 Å². The first-order chi connectivity index (χ1) is 20.9. The zero-order valence-corrected chi connectivity index (χ0v) is 26.0. The first-order valence-electron chi connectivity index (χ1n) is 14.5. The minimum atomic E-state index is -0.386. The summed E-state index contributed by atoms with van der Waals surface area (Å²) in [4.78, 5) is 39.9. The molecule has 2 N–H and O–H groups in total. The summed E-state index contributed by atoms with van der Waals surface area (Å²) in [5.74, 6) is -0.116. The van der Waals surface area contributed by atoms with Gasteiger partial charge in [-0.25, -0.2) is 4.79 Å². The summed E-state index contributed by atoms with van der Waals surface area (Å²) in [5.41, 5.74) is 4.26. The Labute approximate surface area is 259 Å². The first-order valence-corrected chi connectivity index (χ1v) is 16.3. The lowest BCUT2D eigenvalue weighted by atomic mass is 9.95. The Hall–Kier alpha value is -3.96. The molecule has 4 aromatic rings. The van der Waals surface area contributed by atoms with E-state index < -0.39 is 0 Å². The highest BCUT2D eigenvalue weighted by Gasteiger charge is 2.27. The Morgan fingerprint density at radius 1 is 1.05 bits per heavy atom. The molecule has 224 valence electrons. The highest BCUT2D eigenvalue weighted by Crippen LogP contribution is 2.38. The molecule has 2 aromatic heterocycles. The minimum Gasteiger partial charge on any atom is -0.462 e. The van der Waals surface area contributed by atoms with Gasteiger partial charge < -0.3 is 19.9 Å². The van der Waals surface area contributed by atoms with Crippen LogP contribution < -0.4 is 10.6 Å². The Kier molecular flexibility index (Phi) is 10.3. The number of ether oxygens (including phenoxy) is 1. The van der Waals surface area contributed by atoms with Crippen LogP contribution in [-0.4, -0.2) is 44.9 Å². The molecular formula is C32H35N5O4S2. The maximum atomic E-state index is 13.1. The largest absolute Gasteiger partial charge is 0.462 e. The zero-order chi connectivity index (χ0) is 30.2. The van der Waals surface area contributed by atoms with E-state index in [9.17, 15) is 14.4 Å². The van der Waals surface area contributed by atoms with Crippen LogP contribution in [0.3, 0.4) is 0 Å². The lowest BCUT2D eigenvalue weighted by Gasteiger charge is -2.12. The molecule has 0 aliphatic heterocycles. The number of anilines is 1. The molecule has 43 heavy (non-hydrogen) atoms. The third-order valence-corrected chi connectivity index (χ3v) is 9.36. The number of aryl methyl sites for hydroxylation is 3. The molecule has 0 unspecified atom stereocenters. The van der Waals surface area contributed by atoms with Crippen LogP contribution in [0.15, 0.2) is 59.8 Å². The van der Waals surface area contributed by atoms with E-state index in [1.807, 2.05) is 47.9 Å². The number of esters is 1. The Balaban J connectivity index is 1.29. The number of rotatable bonds is 12. The standard InChI is InChI=1S/C32H35N5O4S2/c1-3-41-31(40)28-24-14-7-8-15-25(24)43-30(28)34-27(38)20-42-32-36-35-26(37(32)17-16-22-11-5-4-6-12-22)19-33-29(39)23-13-9-10-21(2)18-23/h4-6,9-13,18H,3,7-8,14-17,19-20H2,1-2H3,(H,33,39)(H,34,38). The van der Waals surface area contributed by atoms with Gasteiger partial charge in [0.2, 0.25) is 5.91 Å². The highest BCUT2D eigenvalue weighted by molar-refractivity contribution is 7.99. The SMILES string of the molecule is CCOC(=O)c1c(NC(=O)CSc2nnc(CNC(=O)c3cccc(C)c3)n2CCc2ccccc2)sc2c1CCCC2. The number of aromatic nitrogens is 3. The molecule has 1 aliphatic rings. The molecule has 2 aromatic carbocycles. The molecular weight excluding hydrogens is 583 g/mol. The summed E-state index contributed by atoms with van der Waals surface area (Å²) in [7, 11) is 0. The molecule has 1 aliphatic carbocycles. The molecule has 0 spiro atoms. The monoisotopic (exact) mass is 617 g/mol. The quantitative estimate of drug-likeness (QED) is 0.157.